The summed E-state index contributed by atoms with van der Waals surface area (Å²) in [6, 6.07) is 10.8. The van der Waals surface area contributed by atoms with Gasteiger partial charge in [-0.2, -0.15) is 5.26 Å². The van der Waals surface area contributed by atoms with Gasteiger partial charge in [-0.15, -0.1) is 0 Å². The van der Waals surface area contributed by atoms with Crippen LogP contribution in [0.25, 0.3) is 0 Å². The molecule has 0 bridgehead atoms. The van der Waals surface area contributed by atoms with Crippen LogP contribution in [0.3, 0.4) is 0 Å². The van der Waals surface area contributed by atoms with Gasteiger partial charge in [0.05, 0.1) is 16.8 Å². The zero-order valence-corrected chi connectivity index (χ0v) is 18.4. The molecule has 2 heterocycles. The predicted octanol–water partition coefficient (Wildman–Crippen LogP) is 6.33. The number of nitrogens with one attached hydrogen (secondary N) is 1. The smallest absolute Gasteiger partial charge is 0.255 e. The Hall–Kier alpha value is -2.29. The van der Waals surface area contributed by atoms with E-state index in [2.05, 4.69) is 21.3 Å². The van der Waals surface area contributed by atoms with Crippen molar-refractivity contribution < 1.29 is 4.79 Å². The summed E-state index contributed by atoms with van der Waals surface area (Å²) in [5.41, 5.74) is 1.10. The average molecular weight is 445 g/mol. The molecule has 5 nitrogen and oxygen atoms in total. The van der Waals surface area contributed by atoms with E-state index in [1.54, 1.807) is 36.5 Å². The molecule has 1 aromatic carbocycles. The third-order valence-corrected chi connectivity index (χ3v) is 5.93. The number of hydrogen-bond donors (Lipinski definition) is 1. The second-order valence-electron chi connectivity index (χ2n) is 7.68. The lowest BCUT2D eigenvalue weighted by Gasteiger charge is -2.34. The van der Waals surface area contributed by atoms with Crippen molar-refractivity contribution in [2.75, 3.05) is 23.3 Å². The fourth-order valence-corrected chi connectivity index (χ4v) is 4.20. The summed E-state index contributed by atoms with van der Waals surface area (Å²) in [5, 5.41) is 12.6. The van der Waals surface area contributed by atoms with Crippen LogP contribution in [-0.4, -0.2) is 24.0 Å². The molecule has 1 fully saturated rings. The van der Waals surface area contributed by atoms with Gasteiger partial charge in [-0.3, -0.25) is 4.79 Å². The van der Waals surface area contributed by atoms with Crippen LogP contribution in [0.15, 0.2) is 36.5 Å². The largest absolute Gasteiger partial charge is 0.355 e. The summed E-state index contributed by atoms with van der Waals surface area (Å²) in [6.45, 7) is 1.80. The lowest BCUT2D eigenvalue weighted by atomic mass is 9.91. The van der Waals surface area contributed by atoms with Gasteiger partial charge in [-0.05, 0) is 49.4 Å². The van der Waals surface area contributed by atoms with Crippen molar-refractivity contribution in [3.63, 3.8) is 0 Å². The number of carbonyl (C=O) groups excluding carboxylic acids is 1. The molecule has 30 heavy (non-hydrogen) atoms. The highest BCUT2D eigenvalue weighted by molar-refractivity contribution is 6.31. The minimum absolute atomic E-state index is 0.241. The van der Waals surface area contributed by atoms with Crippen LogP contribution >= 0.6 is 23.2 Å². The first-order chi connectivity index (χ1) is 14.6. The van der Waals surface area contributed by atoms with Crippen molar-refractivity contribution in [2.45, 2.75) is 44.9 Å². The third kappa shape index (κ3) is 6.35. The molecule has 0 spiro atoms. The first-order valence-corrected chi connectivity index (χ1v) is 11.2. The van der Waals surface area contributed by atoms with E-state index in [4.69, 9.17) is 28.5 Å². The van der Waals surface area contributed by atoms with Crippen LogP contribution in [0.2, 0.25) is 10.0 Å². The number of carbonyl (C=O) groups is 1. The van der Waals surface area contributed by atoms with E-state index in [0.717, 1.165) is 44.6 Å². The minimum Gasteiger partial charge on any atom is -0.355 e. The number of pyridine rings is 1. The molecule has 158 valence electrons. The maximum atomic E-state index is 12.7. The molecule has 2 aromatic rings. The van der Waals surface area contributed by atoms with Gasteiger partial charge >= 0.3 is 0 Å². The predicted molar refractivity (Wildman–Crippen MR) is 122 cm³/mol. The zero-order valence-electron chi connectivity index (χ0n) is 16.9. The highest BCUT2D eigenvalue weighted by Crippen LogP contribution is 2.32. The first kappa shape index (κ1) is 22.4. The summed E-state index contributed by atoms with van der Waals surface area (Å²) in [5.74, 6) is 1.22. The van der Waals surface area contributed by atoms with Gasteiger partial charge in [0.2, 0.25) is 0 Å². The van der Waals surface area contributed by atoms with Crippen molar-refractivity contribution >= 4 is 40.6 Å². The normalized spacial score (nSPS) is 14.4. The highest BCUT2D eigenvalue weighted by atomic mass is 35.5. The van der Waals surface area contributed by atoms with Crippen molar-refractivity contribution in [1.82, 2.24) is 4.98 Å². The summed E-state index contributed by atoms with van der Waals surface area (Å²) >= 11 is 12.2. The van der Waals surface area contributed by atoms with Crippen LogP contribution < -0.4 is 10.2 Å². The van der Waals surface area contributed by atoms with Gasteiger partial charge < -0.3 is 10.2 Å². The number of aromatic nitrogens is 1. The van der Waals surface area contributed by atoms with E-state index in [-0.39, 0.29) is 5.91 Å². The number of anilines is 2. The molecular weight excluding hydrogens is 419 g/mol. The molecule has 1 saturated heterocycles. The maximum absolute atomic E-state index is 12.7. The second-order valence-corrected chi connectivity index (χ2v) is 8.55. The third-order valence-electron chi connectivity index (χ3n) is 5.48. The number of piperidine rings is 1. The molecule has 0 saturated carbocycles. The van der Waals surface area contributed by atoms with Gasteiger partial charge in [-0.25, -0.2) is 4.98 Å². The molecule has 1 aromatic heterocycles. The van der Waals surface area contributed by atoms with Gasteiger partial charge in [0.1, 0.15) is 0 Å². The van der Waals surface area contributed by atoms with Crippen LogP contribution in [0.4, 0.5) is 11.5 Å². The molecule has 1 aliphatic rings. The van der Waals surface area contributed by atoms with Gasteiger partial charge in [0.15, 0.2) is 5.82 Å². The average Bonchev–Trinajstić information content (AvgIpc) is 2.74. The van der Waals surface area contributed by atoms with E-state index in [1.807, 2.05) is 0 Å². The molecule has 0 aliphatic carbocycles. The lowest BCUT2D eigenvalue weighted by Crippen LogP contribution is -2.35. The Balaban J connectivity index is 1.60. The number of rotatable bonds is 8. The highest BCUT2D eigenvalue weighted by Gasteiger charge is 2.23. The Morgan fingerprint density at radius 3 is 2.70 bits per heavy atom. The van der Waals surface area contributed by atoms with Crippen molar-refractivity contribution in [3.8, 4) is 6.07 Å². The summed E-state index contributed by atoms with van der Waals surface area (Å²) in [4.78, 5) is 19.4. The Morgan fingerprint density at radius 2 is 1.97 bits per heavy atom. The van der Waals surface area contributed by atoms with Crippen molar-refractivity contribution in [3.05, 3.63) is 52.1 Å². The Morgan fingerprint density at radius 1 is 1.17 bits per heavy atom. The van der Waals surface area contributed by atoms with E-state index < -0.39 is 0 Å². The first-order valence-electron chi connectivity index (χ1n) is 10.4. The standard InChI is InChI=1S/C23H26Cl2N4O/c24-19-8-5-7-18(14-19)23(30)28-21-15-20(25)16-27-22(21)29-12-9-17(10-13-29)6-3-1-2-4-11-26/h5,7-8,14-17H,1-4,6,9-10,12-13H2,(H,28,30). The SMILES string of the molecule is N#CCCCCCC1CCN(c2ncc(Cl)cc2NC(=O)c2cccc(Cl)c2)CC1. The fraction of sp³-hybridized carbons (Fsp3) is 0.435. The Kier molecular flexibility index (Phi) is 8.36. The van der Waals surface area contributed by atoms with Gasteiger partial charge in [0.25, 0.3) is 5.91 Å². The number of nitriles is 1. The summed E-state index contributed by atoms with van der Waals surface area (Å²) < 4.78 is 0. The van der Waals surface area contributed by atoms with Crippen LogP contribution in [0.1, 0.15) is 55.3 Å². The Bertz CT molecular complexity index is 904. The van der Waals surface area contributed by atoms with E-state index in [0.29, 0.717) is 33.6 Å². The molecule has 1 N–H and O–H groups in total. The quantitative estimate of drug-likeness (QED) is 0.482. The van der Waals surface area contributed by atoms with E-state index in [9.17, 15) is 4.79 Å². The number of unbranched alkanes of at least 4 members (excludes halogenated alkanes) is 3. The molecule has 0 unspecified atom stereocenters. The van der Waals surface area contributed by atoms with E-state index >= 15 is 0 Å². The van der Waals surface area contributed by atoms with Crippen LogP contribution in [0, 0.1) is 17.2 Å². The zero-order chi connectivity index (χ0) is 21.3. The molecule has 1 aliphatic heterocycles. The molecule has 0 atom stereocenters. The Labute approximate surface area is 188 Å². The molecule has 7 heteroatoms. The fourth-order valence-electron chi connectivity index (χ4n) is 3.85. The topological polar surface area (TPSA) is 69.0 Å². The monoisotopic (exact) mass is 444 g/mol. The van der Waals surface area contributed by atoms with E-state index in [1.165, 1.54) is 12.8 Å². The number of amides is 1. The maximum Gasteiger partial charge on any atom is 0.255 e. The summed E-state index contributed by atoms with van der Waals surface area (Å²) in [6.07, 6.45) is 9.01. The molecule has 0 radical (unpaired) electrons. The summed E-state index contributed by atoms with van der Waals surface area (Å²) in [7, 11) is 0. The molecule has 3 rings (SSSR count). The van der Waals surface area contributed by atoms with Gasteiger partial charge in [-0.1, -0.05) is 48.5 Å². The van der Waals surface area contributed by atoms with Crippen LogP contribution in [-0.2, 0) is 0 Å². The van der Waals surface area contributed by atoms with Crippen molar-refractivity contribution in [1.29, 1.82) is 5.26 Å². The number of nitrogens with zero attached hydrogens (tertiary/aromatic N) is 3. The number of benzene rings is 1. The number of hydrogen-bond acceptors (Lipinski definition) is 4. The second kappa shape index (κ2) is 11.2. The van der Waals surface area contributed by atoms with Crippen molar-refractivity contribution in [2.24, 2.45) is 5.92 Å². The lowest BCUT2D eigenvalue weighted by molar-refractivity contribution is 0.102. The molecular formula is C23H26Cl2N4O. The number of halogens is 2. The molecule has 1 amide bonds. The van der Waals surface area contributed by atoms with Gasteiger partial charge in [0, 0.05) is 36.3 Å². The van der Waals surface area contributed by atoms with Crippen LogP contribution in [0.5, 0.6) is 0 Å². The minimum atomic E-state index is -0.241.